The predicted molar refractivity (Wildman–Crippen MR) is 140 cm³/mol. The highest BCUT2D eigenvalue weighted by Crippen LogP contribution is 2.41. The van der Waals surface area contributed by atoms with Gasteiger partial charge >= 0.3 is 0 Å². The molecule has 2 aromatic heterocycles. The number of nitrogens with one attached hydrogen (secondary N) is 3. The van der Waals surface area contributed by atoms with Crippen molar-refractivity contribution in [3.8, 4) is 0 Å². The van der Waals surface area contributed by atoms with Gasteiger partial charge in [-0.1, -0.05) is 17.2 Å². The number of halogens is 1. The Hall–Kier alpha value is -2.42. The normalized spacial score (nSPS) is 25.9. The molecule has 3 aliphatic rings. The van der Waals surface area contributed by atoms with Crippen molar-refractivity contribution in [2.45, 2.75) is 58.9 Å². The Morgan fingerprint density at radius 3 is 2.57 bits per heavy atom. The van der Waals surface area contributed by atoms with Crippen LogP contribution in [0.25, 0.3) is 0 Å². The summed E-state index contributed by atoms with van der Waals surface area (Å²) >= 11 is 6.33. The summed E-state index contributed by atoms with van der Waals surface area (Å²) in [6.07, 6.45) is 10.2. The van der Waals surface area contributed by atoms with Crippen molar-refractivity contribution in [2.75, 3.05) is 36.9 Å². The van der Waals surface area contributed by atoms with E-state index in [2.05, 4.69) is 55.6 Å². The molecule has 0 aromatic carbocycles. The number of hydrogen-bond donors (Lipinski definition) is 3. The fourth-order valence-corrected chi connectivity index (χ4v) is 5.93. The molecule has 188 valence electrons. The van der Waals surface area contributed by atoms with Gasteiger partial charge in [0.2, 0.25) is 5.95 Å². The largest absolute Gasteiger partial charge is 0.379 e. The van der Waals surface area contributed by atoms with Crippen LogP contribution >= 0.6 is 11.6 Å². The van der Waals surface area contributed by atoms with Gasteiger partial charge in [-0.05, 0) is 76.4 Å². The van der Waals surface area contributed by atoms with Gasteiger partial charge in [-0.25, -0.2) is 4.98 Å². The van der Waals surface area contributed by atoms with Gasteiger partial charge in [0.15, 0.2) is 11.6 Å². The van der Waals surface area contributed by atoms with Gasteiger partial charge in [-0.2, -0.15) is 10.1 Å². The molecule has 2 fully saturated rings. The van der Waals surface area contributed by atoms with Crippen molar-refractivity contribution in [3.63, 3.8) is 0 Å². The zero-order chi connectivity index (χ0) is 24.4. The molecule has 0 bridgehead atoms. The molecule has 3 N–H and O–H groups in total. The molecule has 8 nitrogen and oxygen atoms in total. The molecule has 1 saturated heterocycles. The Kier molecular flexibility index (Phi) is 7.41. The number of nitrogens with zero attached hydrogens (tertiary/aromatic N) is 4. The number of ether oxygens (including phenoxy) is 1. The van der Waals surface area contributed by atoms with E-state index in [0.717, 1.165) is 56.1 Å². The SMILES string of the molecule is CC1=CC(Nc2ncc(Cl)c(Nc3cc(C)[nH]n3)n2)=C(C)CC1C1CCC(N2CCOCC2)CC1. The maximum Gasteiger partial charge on any atom is 0.229 e. The minimum absolute atomic E-state index is 0.449. The van der Waals surface area contributed by atoms with Crippen LogP contribution in [0.2, 0.25) is 5.02 Å². The summed E-state index contributed by atoms with van der Waals surface area (Å²) in [6.45, 7) is 10.4. The number of aromatic amines is 1. The molecule has 1 saturated carbocycles. The van der Waals surface area contributed by atoms with Crippen LogP contribution in [0.5, 0.6) is 0 Å². The molecule has 2 aromatic rings. The maximum atomic E-state index is 6.33. The minimum atomic E-state index is 0.449. The van der Waals surface area contributed by atoms with Crippen LogP contribution in [0.3, 0.4) is 0 Å². The lowest BCUT2D eigenvalue weighted by Crippen LogP contribution is -2.45. The summed E-state index contributed by atoms with van der Waals surface area (Å²) in [7, 11) is 0. The van der Waals surface area contributed by atoms with Crippen LogP contribution in [0, 0.1) is 18.8 Å². The first-order valence-corrected chi connectivity index (χ1v) is 13.1. The maximum absolute atomic E-state index is 6.33. The van der Waals surface area contributed by atoms with Crippen molar-refractivity contribution < 1.29 is 4.74 Å². The van der Waals surface area contributed by atoms with Crippen molar-refractivity contribution in [1.29, 1.82) is 0 Å². The Morgan fingerprint density at radius 1 is 1.09 bits per heavy atom. The first kappa shape index (κ1) is 24.3. The molecule has 1 aliphatic heterocycles. The number of aromatic nitrogens is 4. The summed E-state index contributed by atoms with van der Waals surface area (Å²) in [5, 5.41) is 14.2. The second-order valence-corrected chi connectivity index (χ2v) is 10.6. The average Bonchev–Trinajstić information content (AvgIpc) is 3.28. The molecule has 3 heterocycles. The number of anilines is 3. The van der Waals surface area contributed by atoms with E-state index >= 15 is 0 Å². The molecule has 35 heavy (non-hydrogen) atoms. The molecule has 1 atom stereocenters. The van der Waals surface area contributed by atoms with Gasteiger partial charge in [0, 0.05) is 36.6 Å². The smallest absolute Gasteiger partial charge is 0.229 e. The molecule has 1 unspecified atom stereocenters. The van der Waals surface area contributed by atoms with Gasteiger partial charge in [-0.15, -0.1) is 0 Å². The van der Waals surface area contributed by atoms with Crippen molar-refractivity contribution in [2.24, 2.45) is 11.8 Å². The predicted octanol–water partition coefficient (Wildman–Crippen LogP) is 5.45. The van der Waals surface area contributed by atoms with Gasteiger partial charge < -0.3 is 15.4 Å². The van der Waals surface area contributed by atoms with Crippen molar-refractivity contribution in [3.05, 3.63) is 45.9 Å². The van der Waals surface area contributed by atoms with Crippen LogP contribution in [0.1, 0.15) is 51.6 Å². The van der Waals surface area contributed by atoms with E-state index < -0.39 is 0 Å². The number of allylic oxidation sites excluding steroid dienone is 3. The van der Waals surface area contributed by atoms with E-state index in [1.807, 2.05) is 13.0 Å². The van der Waals surface area contributed by atoms with Gasteiger partial charge in [0.25, 0.3) is 0 Å². The minimum Gasteiger partial charge on any atom is -0.379 e. The zero-order valence-electron chi connectivity index (χ0n) is 20.9. The second-order valence-electron chi connectivity index (χ2n) is 10.2. The molecular weight excluding hydrogens is 462 g/mol. The van der Waals surface area contributed by atoms with Crippen LogP contribution < -0.4 is 10.6 Å². The van der Waals surface area contributed by atoms with Gasteiger partial charge in [-0.3, -0.25) is 10.00 Å². The number of morpholine rings is 1. The third-order valence-corrected chi connectivity index (χ3v) is 8.03. The lowest BCUT2D eigenvalue weighted by atomic mass is 9.71. The number of hydrogen-bond acceptors (Lipinski definition) is 7. The topological polar surface area (TPSA) is 91.0 Å². The Labute approximate surface area is 212 Å². The second kappa shape index (κ2) is 10.7. The van der Waals surface area contributed by atoms with Crippen LogP contribution in [-0.2, 0) is 4.74 Å². The van der Waals surface area contributed by atoms with E-state index in [-0.39, 0.29) is 0 Å². The first-order chi connectivity index (χ1) is 17.0. The Bertz CT molecular complexity index is 1100. The van der Waals surface area contributed by atoms with Gasteiger partial charge in [0.1, 0.15) is 5.02 Å². The number of H-pyrrole nitrogens is 1. The zero-order valence-corrected chi connectivity index (χ0v) is 21.7. The summed E-state index contributed by atoms with van der Waals surface area (Å²) in [5.41, 5.74) is 4.85. The monoisotopic (exact) mass is 497 g/mol. The van der Waals surface area contributed by atoms with Crippen LogP contribution in [0.4, 0.5) is 17.6 Å². The highest BCUT2D eigenvalue weighted by molar-refractivity contribution is 6.32. The quantitative estimate of drug-likeness (QED) is 0.489. The lowest BCUT2D eigenvalue weighted by molar-refractivity contribution is 0.00305. The van der Waals surface area contributed by atoms with Crippen molar-refractivity contribution >= 4 is 29.2 Å². The number of rotatable bonds is 6. The Morgan fingerprint density at radius 2 is 1.86 bits per heavy atom. The molecule has 0 spiro atoms. The van der Waals surface area contributed by atoms with E-state index in [1.165, 1.54) is 36.8 Å². The third kappa shape index (κ3) is 5.71. The highest BCUT2D eigenvalue weighted by atomic mass is 35.5. The van der Waals surface area contributed by atoms with Crippen LogP contribution in [0.15, 0.2) is 35.2 Å². The molecule has 0 amide bonds. The summed E-state index contributed by atoms with van der Waals surface area (Å²) in [6, 6.07) is 2.65. The van der Waals surface area contributed by atoms with E-state index in [0.29, 0.717) is 28.5 Å². The Balaban J connectivity index is 1.21. The highest BCUT2D eigenvalue weighted by Gasteiger charge is 2.33. The van der Waals surface area contributed by atoms with E-state index in [9.17, 15) is 0 Å². The summed E-state index contributed by atoms with van der Waals surface area (Å²) in [4.78, 5) is 11.6. The molecule has 2 aliphatic carbocycles. The number of aryl methyl sites for hydroxylation is 1. The first-order valence-electron chi connectivity index (χ1n) is 12.7. The molecule has 9 heteroatoms. The van der Waals surface area contributed by atoms with E-state index in [4.69, 9.17) is 16.3 Å². The fourth-order valence-electron chi connectivity index (χ4n) is 5.79. The summed E-state index contributed by atoms with van der Waals surface area (Å²) < 4.78 is 5.54. The fraction of sp³-hybridized carbons (Fsp3) is 0.577. The molecule has 0 radical (unpaired) electrons. The van der Waals surface area contributed by atoms with Crippen molar-refractivity contribution in [1.82, 2.24) is 25.1 Å². The molecular formula is C26H36ClN7O. The van der Waals surface area contributed by atoms with Gasteiger partial charge in [0.05, 0.1) is 19.4 Å². The van der Waals surface area contributed by atoms with Crippen LogP contribution in [-0.4, -0.2) is 57.4 Å². The third-order valence-electron chi connectivity index (χ3n) is 7.76. The lowest BCUT2D eigenvalue weighted by Gasteiger charge is -2.41. The summed E-state index contributed by atoms with van der Waals surface area (Å²) in [5.74, 6) is 3.11. The molecule has 5 rings (SSSR count). The average molecular weight is 498 g/mol. The standard InChI is InChI=1S/C26H36ClN7O/c1-16-13-23(29-26-28-15-22(27)25(31-26)30-24-14-18(3)32-33-24)17(2)12-21(16)19-4-6-20(7-5-19)34-8-10-35-11-9-34/h13-15,19-21H,4-12H2,1-3H3,(H3,28,29,30,31,32,33). The van der Waals surface area contributed by atoms with E-state index in [1.54, 1.807) is 6.20 Å².